The highest BCUT2D eigenvalue weighted by atomic mass is 32.1. The number of allylic oxidation sites excluding steroid dienone is 5. The van der Waals surface area contributed by atoms with Crippen LogP contribution in [0.3, 0.4) is 0 Å². The molecule has 1 heterocycles. The number of aliphatic imine (C=N–C) groups is 1. The van der Waals surface area contributed by atoms with Crippen molar-refractivity contribution in [2.24, 2.45) is 4.99 Å². The minimum Gasteiger partial charge on any atom is -0.256 e. The maximum absolute atomic E-state index is 10.4. The number of hydrogen-bond donors (Lipinski definition) is 0. The summed E-state index contributed by atoms with van der Waals surface area (Å²) in [4.78, 5) is 4.82. The lowest BCUT2D eigenvalue weighted by Crippen LogP contribution is -2.03. The quantitative estimate of drug-likeness (QED) is 0.486. The molecule has 0 amide bonds. The standard InChI is InChI=1S/C8H5NOS/c10-11-7-1-2-8-6(5-7)3-4-9-8/h1-5H. The van der Waals surface area contributed by atoms with Gasteiger partial charge in [-0.2, -0.15) is 0 Å². The summed E-state index contributed by atoms with van der Waals surface area (Å²) in [6, 6.07) is 0. The summed E-state index contributed by atoms with van der Waals surface area (Å²) >= 11 is 0.509. The Kier molecular flexibility index (Phi) is 1.43. The highest BCUT2D eigenvalue weighted by molar-refractivity contribution is 7.67. The molecule has 1 aliphatic heterocycles. The van der Waals surface area contributed by atoms with Crippen LogP contribution in [0.4, 0.5) is 0 Å². The Balaban J connectivity index is 2.53. The first-order valence-electron chi connectivity index (χ1n) is 3.21. The molecule has 2 nitrogen and oxygen atoms in total. The summed E-state index contributed by atoms with van der Waals surface area (Å²) < 4.78 is 10.4. The van der Waals surface area contributed by atoms with Crippen molar-refractivity contribution in [3.05, 3.63) is 36.1 Å². The third-order valence-corrected chi connectivity index (χ3v) is 2.01. The second-order valence-corrected chi connectivity index (χ2v) is 2.89. The van der Waals surface area contributed by atoms with Gasteiger partial charge in [-0.25, -0.2) is 4.21 Å². The summed E-state index contributed by atoms with van der Waals surface area (Å²) in [6.45, 7) is 0. The summed E-state index contributed by atoms with van der Waals surface area (Å²) in [7, 11) is 0. The van der Waals surface area contributed by atoms with Crippen LogP contribution in [0.25, 0.3) is 0 Å². The Morgan fingerprint density at radius 2 is 2.18 bits per heavy atom. The topological polar surface area (TPSA) is 29.4 Å². The molecule has 0 bridgehead atoms. The van der Waals surface area contributed by atoms with Gasteiger partial charge in [-0.15, -0.1) is 0 Å². The van der Waals surface area contributed by atoms with E-state index in [1.165, 1.54) is 0 Å². The van der Waals surface area contributed by atoms with Crippen molar-refractivity contribution < 1.29 is 4.21 Å². The zero-order chi connectivity index (χ0) is 7.68. The van der Waals surface area contributed by atoms with Crippen molar-refractivity contribution in [2.45, 2.75) is 0 Å². The molecule has 3 heteroatoms. The molecule has 0 aromatic carbocycles. The van der Waals surface area contributed by atoms with E-state index in [0.29, 0.717) is 11.3 Å². The smallest absolute Gasteiger partial charge is 0.0965 e. The van der Waals surface area contributed by atoms with E-state index in [1.54, 1.807) is 12.3 Å². The van der Waals surface area contributed by atoms with E-state index in [9.17, 15) is 4.21 Å². The second-order valence-electron chi connectivity index (χ2n) is 2.25. The van der Waals surface area contributed by atoms with Gasteiger partial charge in [0.15, 0.2) is 0 Å². The molecule has 11 heavy (non-hydrogen) atoms. The Labute approximate surface area is 67.7 Å². The molecule has 0 N–H and O–H groups in total. The Hall–Kier alpha value is -1.22. The summed E-state index contributed by atoms with van der Waals surface area (Å²) in [5.41, 5.74) is 1.98. The summed E-state index contributed by atoms with van der Waals surface area (Å²) in [5.74, 6) is 0. The van der Waals surface area contributed by atoms with Crippen LogP contribution in [0.1, 0.15) is 0 Å². The molecule has 0 spiro atoms. The summed E-state index contributed by atoms with van der Waals surface area (Å²) in [6.07, 6.45) is 9.13. The Morgan fingerprint density at radius 3 is 3.00 bits per heavy atom. The molecule has 0 radical (unpaired) electrons. The monoisotopic (exact) mass is 163 g/mol. The lowest BCUT2D eigenvalue weighted by atomic mass is 10.1. The predicted octanol–water partition coefficient (Wildman–Crippen LogP) is 0.836. The lowest BCUT2D eigenvalue weighted by Gasteiger charge is -2.00. The molecule has 0 saturated carbocycles. The van der Waals surface area contributed by atoms with Crippen molar-refractivity contribution in [3.63, 3.8) is 0 Å². The average Bonchev–Trinajstić information content (AvgIpc) is 2.50. The first-order valence-corrected chi connectivity index (χ1v) is 3.95. The molecular weight excluding hydrogens is 158 g/mol. The van der Waals surface area contributed by atoms with Gasteiger partial charge in [0.05, 0.1) is 21.8 Å². The van der Waals surface area contributed by atoms with E-state index in [2.05, 4.69) is 4.99 Å². The first kappa shape index (κ1) is 6.49. The van der Waals surface area contributed by atoms with Crippen molar-refractivity contribution >= 4 is 21.8 Å². The third-order valence-electron chi connectivity index (χ3n) is 1.56. The number of rotatable bonds is 0. The molecule has 54 valence electrons. The van der Waals surface area contributed by atoms with Crippen LogP contribution < -0.4 is 0 Å². The summed E-state index contributed by atoms with van der Waals surface area (Å²) in [5, 5.41) is 0. The van der Waals surface area contributed by atoms with E-state index in [4.69, 9.17) is 0 Å². The second kappa shape index (κ2) is 2.43. The van der Waals surface area contributed by atoms with Gasteiger partial charge in [-0.1, -0.05) is 0 Å². The van der Waals surface area contributed by atoms with Crippen LogP contribution in [0, 0.1) is 0 Å². The van der Waals surface area contributed by atoms with Gasteiger partial charge in [0.1, 0.15) is 0 Å². The molecule has 2 rings (SSSR count). The minimum absolute atomic E-state index is 0.509. The van der Waals surface area contributed by atoms with E-state index >= 15 is 0 Å². The van der Waals surface area contributed by atoms with E-state index < -0.39 is 0 Å². The fourth-order valence-electron chi connectivity index (χ4n) is 1.03. The van der Waals surface area contributed by atoms with Crippen LogP contribution in [0.15, 0.2) is 41.1 Å². The maximum atomic E-state index is 10.4. The average molecular weight is 163 g/mol. The fourth-order valence-corrected chi connectivity index (χ4v) is 1.33. The van der Waals surface area contributed by atoms with E-state index in [-0.39, 0.29) is 0 Å². The lowest BCUT2D eigenvalue weighted by molar-refractivity contribution is 0.701. The van der Waals surface area contributed by atoms with Crippen LogP contribution in [-0.2, 0) is 11.3 Å². The van der Waals surface area contributed by atoms with Gasteiger partial charge >= 0.3 is 0 Å². The van der Waals surface area contributed by atoms with Crippen LogP contribution in [0.2, 0.25) is 0 Å². The van der Waals surface area contributed by atoms with Gasteiger partial charge in [-0.3, -0.25) is 4.99 Å². The number of fused-ring (bicyclic) bond motifs is 1. The molecular formula is C8H5NOS. The third kappa shape index (κ3) is 1.03. The first-order chi connectivity index (χ1) is 5.40. The Bertz CT molecular complexity index is 368. The predicted molar refractivity (Wildman–Crippen MR) is 46.9 cm³/mol. The SMILES string of the molecule is O=S=C1C=CC2=NC=CC2=C1. The van der Waals surface area contributed by atoms with E-state index in [0.717, 1.165) is 16.1 Å². The van der Waals surface area contributed by atoms with Gasteiger partial charge in [-0.05, 0) is 24.3 Å². The van der Waals surface area contributed by atoms with E-state index in [1.807, 2.05) is 18.2 Å². The molecule has 0 fully saturated rings. The molecule has 0 unspecified atom stereocenters. The number of hydrogen-bond acceptors (Lipinski definition) is 2. The Morgan fingerprint density at radius 1 is 1.27 bits per heavy atom. The minimum atomic E-state index is 0.509. The zero-order valence-electron chi connectivity index (χ0n) is 5.65. The van der Waals surface area contributed by atoms with Crippen molar-refractivity contribution in [1.29, 1.82) is 0 Å². The highest BCUT2D eigenvalue weighted by Gasteiger charge is 2.09. The van der Waals surface area contributed by atoms with Crippen LogP contribution in [-0.4, -0.2) is 14.8 Å². The van der Waals surface area contributed by atoms with Gasteiger partial charge < -0.3 is 0 Å². The molecule has 0 saturated heterocycles. The largest absolute Gasteiger partial charge is 0.256 e. The molecule has 2 aliphatic rings. The van der Waals surface area contributed by atoms with Gasteiger partial charge in [0.2, 0.25) is 0 Å². The molecule has 0 aromatic heterocycles. The fraction of sp³-hybridized carbons (Fsp3) is 0. The highest BCUT2D eigenvalue weighted by Crippen LogP contribution is 2.13. The van der Waals surface area contributed by atoms with Gasteiger partial charge in [0, 0.05) is 11.8 Å². The number of nitrogens with zero attached hydrogens (tertiary/aromatic N) is 1. The van der Waals surface area contributed by atoms with Crippen molar-refractivity contribution in [1.82, 2.24) is 0 Å². The normalized spacial score (nSPS) is 19.5. The van der Waals surface area contributed by atoms with Crippen LogP contribution in [0.5, 0.6) is 0 Å². The van der Waals surface area contributed by atoms with Crippen LogP contribution >= 0.6 is 0 Å². The maximum Gasteiger partial charge on any atom is 0.0965 e. The van der Waals surface area contributed by atoms with Crippen molar-refractivity contribution in [2.75, 3.05) is 0 Å². The zero-order valence-corrected chi connectivity index (χ0v) is 6.47. The molecule has 0 atom stereocenters. The molecule has 0 aromatic rings. The van der Waals surface area contributed by atoms with Crippen molar-refractivity contribution in [3.8, 4) is 0 Å². The van der Waals surface area contributed by atoms with Gasteiger partial charge in [0.25, 0.3) is 0 Å². The molecule has 1 aliphatic carbocycles.